The molecule has 2 aromatic rings. The van der Waals surface area contributed by atoms with E-state index in [1.165, 1.54) is 6.07 Å². The van der Waals surface area contributed by atoms with Crippen molar-refractivity contribution in [2.24, 2.45) is 16.5 Å². The fraction of sp³-hybridized carbons (Fsp3) is 0.464. The molecule has 11 heteroatoms. The maximum Gasteiger partial charge on any atom is 0.322 e. The summed E-state index contributed by atoms with van der Waals surface area (Å²) >= 11 is 0. The molecule has 0 aromatic heterocycles. The third-order valence-electron chi connectivity index (χ3n) is 6.42. The number of ether oxygens (including phenoxy) is 1. The van der Waals surface area contributed by atoms with Crippen LogP contribution in [0, 0.1) is 0 Å². The zero-order chi connectivity index (χ0) is 29.7. The van der Waals surface area contributed by atoms with Gasteiger partial charge < -0.3 is 21.3 Å². The van der Waals surface area contributed by atoms with Crippen molar-refractivity contribution in [2.45, 2.75) is 89.7 Å². The Morgan fingerprint density at radius 3 is 2.05 bits per heavy atom. The molecule has 2 atom stereocenters. The highest BCUT2D eigenvalue weighted by Gasteiger charge is 2.31. The van der Waals surface area contributed by atoms with Crippen LogP contribution in [0.2, 0.25) is 0 Å². The molecule has 0 aliphatic rings. The number of sulfonamides is 1. The number of rotatable bonds is 13. The predicted octanol–water partition coefficient (Wildman–Crippen LogP) is 4.17. The number of hydrogen-bond donors (Lipinski definition) is 4. The number of aliphatic carboxylic acids is 1. The summed E-state index contributed by atoms with van der Waals surface area (Å²) in [6, 6.07) is 6.68. The molecule has 0 bridgehead atoms. The Bertz CT molecular complexity index is 1330. The largest absolute Gasteiger partial charge is 0.480 e. The molecule has 0 spiro atoms. The number of benzene rings is 2. The highest BCUT2D eigenvalue weighted by molar-refractivity contribution is 7.89. The number of nitrogens with two attached hydrogens (primary N) is 2. The summed E-state index contributed by atoms with van der Waals surface area (Å²) in [6.07, 6.45) is -0.843. The number of aliphatic imine (C=N–C) groups is 1. The van der Waals surface area contributed by atoms with E-state index >= 15 is 0 Å². The van der Waals surface area contributed by atoms with Gasteiger partial charge in [0, 0.05) is 5.56 Å². The molecule has 2 rings (SSSR count). The van der Waals surface area contributed by atoms with Gasteiger partial charge in [0.05, 0.1) is 10.6 Å². The average Bonchev–Trinajstić information content (AvgIpc) is 2.82. The Kier molecular flexibility index (Phi) is 10.7. The Morgan fingerprint density at radius 1 is 0.974 bits per heavy atom. The molecule has 0 heterocycles. The minimum atomic E-state index is -4.21. The predicted molar refractivity (Wildman–Crippen MR) is 152 cm³/mol. The summed E-state index contributed by atoms with van der Waals surface area (Å²) in [5, 5.41) is 9.96. The van der Waals surface area contributed by atoms with Crippen LogP contribution >= 0.6 is 0 Å². The smallest absolute Gasteiger partial charge is 0.322 e. The molecule has 0 saturated heterocycles. The van der Waals surface area contributed by atoms with Gasteiger partial charge in [0.25, 0.3) is 6.47 Å². The third kappa shape index (κ3) is 7.79. The second-order valence-electron chi connectivity index (χ2n) is 10.5. The first-order valence-corrected chi connectivity index (χ1v) is 14.3. The molecular formula is C28H40N4O6S. The molecule has 0 fully saturated rings. The number of carbonyl (C=O) groups is 2. The van der Waals surface area contributed by atoms with Crippen molar-refractivity contribution in [2.75, 3.05) is 0 Å². The molecular weight excluding hydrogens is 520 g/mol. The zero-order valence-electron chi connectivity index (χ0n) is 23.6. The number of nitrogens with zero attached hydrogens (tertiary/aromatic N) is 1. The van der Waals surface area contributed by atoms with Crippen LogP contribution in [0.5, 0.6) is 0 Å². The van der Waals surface area contributed by atoms with Gasteiger partial charge in [-0.3, -0.25) is 9.59 Å². The summed E-state index contributed by atoms with van der Waals surface area (Å²) in [6.45, 7) is 14.0. The maximum atomic E-state index is 13.7. The first-order valence-electron chi connectivity index (χ1n) is 12.8. The van der Waals surface area contributed by atoms with Crippen molar-refractivity contribution in [1.82, 2.24) is 4.72 Å². The highest BCUT2D eigenvalue weighted by atomic mass is 32.2. The zero-order valence-corrected chi connectivity index (χ0v) is 24.4. The molecule has 2 aromatic carbocycles. The number of guanidine groups is 1. The summed E-state index contributed by atoms with van der Waals surface area (Å²) in [7, 11) is -4.21. The molecule has 10 nitrogen and oxygen atoms in total. The summed E-state index contributed by atoms with van der Waals surface area (Å²) in [5.74, 6) is -1.42. The van der Waals surface area contributed by atoms with Crippen molar-refractivity contribution in [3.05, 3.63) is 58.1 Å². The summed E-state index contributed by atoms with van der Waals surface area (Å²) < 4.78 is 34.7. The lowest BCUT2D eigenvalue weighted by atomic mass is 9.83. The van der Waals surface area contributed by atoms with E-state index in [1.54, 1.807) is 25.1 Å². The lowest BCUT2D eigenvalue weighted by Gasteiger charge is -2.26. The minimum Gasteiger partial charge on any atom is -0.480 e. The van der Waals surface area contributed by atoms with Gasteiger partial charge in [0.15, 0.2) is 5.96 Å². The van der Waals surface area contributed by atoms with Crippen LogP contribution in [0.3, 0.4) is 0 Å². The van der Waals surface area contributed by atoms with Gasteiger partial charge in [-0.1, -0.05) is 59.7 Å². The Hall–Kier alpha value is -3.44. The first-order chi connectivity index (χ1) is 18.1. The lowest BCUT2D eigenvalue weighted by molar-refractivity contribution is -0.139. The number of carboxylic acid groups (broad SMARTS) is 1. The van der Waals surface area contributed by atoms with E-state index in [4.69, 9.17) is 16.2 Å². The molecule has 214 valence electrons. The molecule has 0 radical (unpaired) electrons. The van der Waals surface area contributed by atoms with Crippen LogP contribution in [0.15, 0.2) is 40.2 Å². The monoisotopic (exact) mass is 560 g/mol. The quantitative estimate of drug-likeness (QED) is 0.160. The van der Waals surface area contributed by atoms with Crippen molar-refractivity contribution in [1.29, 1.82) is 0 Å². The average molecular weight is 561 g/mol. The lowest BCUT2D eigenvalue weighted by Crippen LogP contribution is -2.42. The fourth-order valence-corrected chi connectivity index (χ4v) is 6.30. The van der Waals surface area contributed by atoms with Crippen molar-refractivity contribution >= 4 is 34.1 Å². The van der Waals surface area contributed by atoms with Crippen LogP contribution in [0.1, 0.15) is 100 Å². The van der Waals surface area contributed by atoms with Gasteiger partial charge in [-0.05, 0) is 65.5 Å². The van der Waals surface area contributed by atoms with E-state index in [-0.39, 0.29) is 40.7 Å². The molecule has 0 aliphatic carbocycles. The van der Waals surface area contributed by atoms with Gasteiger partial charge in [0.2, 0.25) is 10.0 Å². The van der Waals surface area contributed by atoms with E-state index < -0.39 is 28.1 Å². The van der Waals surface area contributed by atoms with Crippen molar-refractivity contribution in [3.8, 4) is 0 Å². The van der Waals surface area contributed by atoms with Crippen LogP contribution in [0.25, 0.3) is 0 Å². The van der Waals surface area contributed by atoms with Gasteiger partial charge in [-0.15, -0.1) is 0 Å². The summed E-state index contributed by atoms with van der Waals surface area (Å²) in [5.41, 5.74) is 15.1. The fourth-order valence-electron chi connectivity index (χ4n) is 4.73. The van der Waals surface area contributed by atoms with Gasteiger partial charge >= 0.3 is 5.97 Å². The van der Waals surface area contributed by atoms with Crippen LogP contribution in [-0.4, -0.2) is 38.0 Å². The highest BCUT2D eigenvalue weighted by Crippen LogP contribution is 2.37. The Morgan fingerprint density at radius 2 is 1.56 bits per heavy atom. The number of carbonyl (C=O) groups excluding carboxylic acids is 1. The van der Waals surface area contributed by atoms with E-state index in [0.717, 1.165) is 11.1 Å². The van der Waals surface area contributed by atoms with Crippen molar-refractivity contribution < 1.29 is 27.9 Å². The molecule has 1 unspecified atom stereocenters. The topological polar surface area (TPSA) is 174 Å². The molecule has 0 aliphatic heterocycles. The molecule has 0 saturated carbocycles. The third-order valence-corrected chi connectivity index (χ3v) is 7.95. The van der Waals surface area contributed by atoms with E-state index in [0.29, 0.717) is 23.2 Å². The number of hydrogen-bond acceptors (Lipinski definition) is 6. The van der Waals surface area contributed by atoms with Crippen LogP contribution in [0.4, 0.5) is 5.69 Å². The van der Waals surface area contributed by atoms with Gasteiger partial charge in [-0.2, -0.15) is 4.72 Å². The molecule has 39 heavy (non-hydrogen) atoms. The second-order valence-corrected chi connectivity index (χ2v) is 12.1. The number of nitrogens with one attached hydrogen (secondary N) is 1. The second kappa shape index (κ2) is 13.1. The van der Waals surface area contributed by atoms with Crippen LogP contribution < -0.4 is 16.2 Å². The molecule has 6 N–H and O–H groups in total. The van der Waals surface area contributed by atoms with Crippen LogP contribution in [-0.2, 0) is 30.8 Å². The maximum absolute atomic E-state index is 13.7. The van der Waals surface area contributed by atoms with Gasteiger partial charge in [0.1, 0.15) is 12.1 Å². The van der Waals surface area contributed by atoms with Crippen molar-refractivity contribution in [3.63, 3.8) is 0 Å². The Labute approximate surface area is 230 Å². The van der Waals surface area contributed by atoms with E-state index in [9.17, 15) is 23.1 Å². The van der Waals surface area contributed by atoms with Gasteiger partial charge in [-0.25, -0.2) is 13.4 Å². The Balaban J connectivity index is 2.55. The minimum absolute atomic E-state index is 0.0725. The SMILES string of the molecule is CC(C)c1ccc(S(=O)(=O)N[C@@H](Cc2ccc(C(C)OC=O)c(N=C(N)N)c2)C(=O)O)c(C(C)C)c1C(C)C. The van der Waals surface area contributed by atoms with E-state index in [1.807, 2.05) is 33.8 Å². The normalized spacial score (nSPS) is 13.4. The van der Waals surface area contributed by atoms with E-state index in [2.05, 4.69) is 23.6 Å². The summed E-state index contributed by atoms with van der Waals surface area (Å²) in [4.78, 5) is 27.2. The molecule has 0 amide bonds. The number of carboxylic acids is 1. The standard InChI is InChI=1S/C28H40N4O6S/c1-15(2)20-10-11-24(26(17(5)6)25(20)16(3)4)39(36,37)32-23(27(34)35)13-19-8-9-21(18(7)38-14-33)22(12-19)31-28(29)30/h8-12,14-18,23,32H,13H2,1-7H3,(H,34,35)(H4,29,30,31)/t18?,23-/m0/s1. The first kappa shape index (κ1) is 31.8.